The molecule has 22 heavy (non-hydrogen) atoms. The highest BCUT2D eigenvalue weighted by Crippen LogP contribution is 2.28. The van der Waals surface area contributed by atoms with Crippen LogP contribution in [0.2, 0.25) is 0 Å². The fourth-order valence-corrected chi connectivity index (χ4v) is 3.20. The van der Waals surface area contributed by atoms with Crippen LogP contribution < -0.4 is 0 Å². The Morgan fingerprint density at radius 2 is 2.00 bits per heavy atom. The molecule has 1 aromatic carbocycles. The third kappa shape index (κ3) is 3.54. The minimum Gasteiger partial charge on any atom is -0.481 e. The van der Waals surface area contributed by atoms with E-state index in [1.807, 2.05) is 36.7 Å². The van der Waals surface area contributed by atoms with Crippen LogP contribution in [0.4, 0.5) is 0 Å². The van der Waals surface area contributed by atoms with Gasteiger partial charge in [-0.05, 0) is 48.5 Å². The number of carboxylic acids is 1. The predicted octanol–water partition coefficient (Wildman–Crippen LogP) is 2.42. The maximum absolute atomic E-state index is 11.0. The van der Waals surface area contributed by atoms with Crippen molar-refractivity contribution in [3.8, 4) is 0 Å². The van der Waals surface area contributed by atoms with E-state index in [0.717, 1.165) is 43.6 Å². The molecule has 5 nitrogen and oxygen atoms in total. The Morgan fingerprint density at radius 1 is 1.27 bits per heavy atom. The number of nitrogens with one attached hydrogen (secondary N) is 1. The lowest BCUT2D eigenvalue weighted by Crippen LogP contribution is -2.32. The number of nitrogens with zero attached hydrogens (tertiary/aromatic N) is 2. The first kappa shape index (κ1) is 14.8. The highest BCUT2D eigenvalue weighted by atomic mass is 16.4. The molecule has 1 aliphatic rings. The monoisotopic (exact) mass is 299 g/mol. The van der Waals surface area contributed by atoms with Crippen LogP contribution >= 0.6 is 0 Å². The van der Waals surface area contributed by atoms with Crippen LogP contribution in [-0.2, 0) is 17.8 Å². The molecular weight excluding hydrogens is 278 g/mol. The van der Waals surface area contributed by atoms with Gasteiger partial charge in [0.1, 0.15) is 0 Å². The first-order valence-electron chi connectivity index (χ1n) is 7.72. The van der Waals surface area contributed by atoms with Gasteiger partial charge in [0.2, 0.25) is 0 Å². The molecule has 0 bridgehead atoms. The molecule has 0 unspecified atom stereocenters. The summed E-state index contributed by atoms with van der Waals surface area (Å²) in [6.07, 6.45) is 6.26. The van der Waals surface area contributed by atoms with Crippen molar-refractivity contribution >= 4 is 5.97 Å². The molecule has 1 fully saturated rings. The summed E-state index contributed by atoms with van der Waals surface area (Å²) in [6, 6.07) is 7.86. The standard InChI is InChI=1S/C17H21N3O2/c21-17(22)9-14-3-1-2-4-15(14)12-20-7-5-13(6-8-20)16-10-18-19-11-16/h1-4,10-11,13H,5-9,12H2,(H,18,19)(H,21,22). The van der Waals surface area contributed by atoms with E-state index in [-0.39, 0.29) is 6.42 Å². The Kier molecular flexibility index (Phi) is 4.53. The van der Waals surface area contributed by atoms with Crippen molar-refractivity contribution in [3.63, 3.8) is 0 Å². The van der Waals surface area contributed by atoms with Gasteiger partial charge in [0.15, 0.2) is 0 Å². The van der Waals surface area contributed by atoms with Crippen LogP contribution in [0.25, 0.3) is 0 Å². The van der Waals surface area contributed by atoms with Crippen LogP contribution in [0.1, 0.15) is 35.4 Å². The Balaban J connectivity index is 1.60. The third-order valence-corrected chi connectivity index (χ3v) is 4.43. The molecule has 116 valence electrons. The number of aromatic amines is 1. The average molecular weight is 299 g/mol. The minimum absolute atomic E-state index is 0.0989. The molecule has 1 saturated heterocycles. The molecule has 0 radical (unpaired) electrons. The molecule has 2 heterocycles. The molecule has 2 aromatic rings. The van der Waals surface area contributed by atoms with Gasteiger partial charge in [0, 0.05) is 12.7 Å². The van der Waals surface area contributed by atoms with E-state index in [0.29, 0.717) is 5.92 Å². The molecule has 0 saturated carbocycles. The fourth-order valence-electron chi connectivity index (χ4n) is 3.20. The van der Waals surface area contributed by atoms with E-state index in [9.17, 15) is 4.79 Å². The molecule has 1 aliphatic heterocycles. The molecule has 0 aliphatic carbocycles. The Morgan fingerprint density at radius 3 is 2.64 bits per heavy atom. The number of hydrogen-bond acceptors (Lipinski definition) is 3. The number of carbonyl (C=O) groups is 1. The number of benzene rings is 1. The van der Waals surface area contributed by atoms with Crippen molar-refractivity contribution in [1.82, 2.24) is 15.1 Å². The van der Waals surface area contributed by atoms with Gasteiger partial charge in [-0.1, -0.05) is 24.3 Å². The van der Waals surface area contributed by atoms with E-state index in [1.54, 1.807) is 0 Å². The van der Waals surface area contributed by atoms with Crippen LogP contribution in [0.3, 0.4) is 0 Å². The van der Waals surface area contributed by atoms with E-state index in [1.165, 1.54) is 5.56 Å². The van der Waals surface area contributed by atoms with Crippen LogP contribution in [0, 0.1) is 0 Å². The van der Waals surface area contributed by atoms with Crippen molar-refractivity contribution in [1.29, 1.82) is 0 Å². The van der Waals surface area contributed by atoms with Gasteiger partial charge < -0.3 is 5.11 Å². The van der Waals surface area contributed by atoms with E-state index in [4.69, 9.17) is 5.11 Å². The van der Waals surface area contributed by atoms with Crippen LogP contribution in [0.5, 0.6) is 0 Å². The number of carboxylic acid groups (broad SMARTS) is 1. The van der Waals surface area contributed by atoms with Gasteiger partial charge in [0.05, 0.1) is 12.6 Å². The zero-order chi connectivity index (χ0) is 15.4. The lowest BCUT2D eigenvalue weighted by Gasteiger charge is -2.32. The maximum Gasteiger partial charge on any atom is 0.307 e. The number of aromatic nitrogens is 2. The lowest BCUT2D eigenvalue weighted by atomic mass is 9.91. The van der Waals surface area contributed by atoms with Gasteiger partial charge in [-0.2, -0.15) is 5.10 Å². The van der Waals surface area contributed by atoms with Gasteiger partial charge >= 0.3 is 5.97 Å². The Bertz CT molecular complexity index is 617. The first-order chi connectivity index (χ1) is 10.7. The number of piperidine rings is 1. The van der Waals surface area contributed by atoms with Gasteiger partial charge in [-0.15, -0.1) is 0 Å². The first-order valence-corrected chi connectivity index (χ1v) is 7.72. The minimum atomic E-state index is -0.772. The SMILES string of the molecule is O=C(O)Cc1ccccc1CN1CCC(c2cn[nH]c2)CC1. The Hall–Kier alpha value is -2.14. The van der Waals surface area contributed by atoms with Crippen molar-refractivity contribution in [2.24, 2.45) is 0 Å². The summed E-state index contributed by atoms with van der Waals surface area (Å²) in [5.41, 5.74) is 3.35. The van der Waals surface area contributed by atoms with E-state index in [2.05, 4.69) is 15.1 Å². The number of likely N-dealkylation sites (tertiary alicyclic amines) is 1. The summed E-state index contributed by atoms with van der Waals surface area (Å²) in [7, 11) is 0. The van der Waals surface area contributed by atoms with Gasteiger partial charge in [-0.25, -0.2) is 0 Å². The second kappa shape index (κ2) is 6.75. The fraction of sp³-hybridized carbons (Fsp3) is 0.412. The number of H-pyrrole nitrogens is 1. The average Bonchev–Trinajstić information content (AvgIpc) is 3.04. The molecule has 5 heteroatoms. The maximum atomic E-state index is 11.0. The van der Waals surface area contributed by atoms with Gasteiger partial charge in [-0.3, -0.25) is 14.8 Å². The summed E-state index contributed by atoms with van der Waals surface area (Å²) >= 11 is 0. The molecular formula is C17H21N3O2. The molecule has 2 N–H and O–H groups in total. The summed E-state index contributed by atoms with van der Waals surface area (Å²) in [5, 5.41) is 15.9. The largest absolute Gasteiger partial charge is 0.481 e. The van der Waals surface area contributed by atoms with E-state index >= 15 is 0 Å². The van der Waals surface area contributed by atoms with Crippen molar-refractivity contribution in [2.45, 2.75) is 31.7 Å². The highest BCUT2D eigenvalue weighted by molar-refractivity contribution is 5.70. The Labute approximate surface area is 130 Å². The molecule has 0 atom stereocenters. The van der Waals surface area contributed by atoms with Crippen LogP contribution in [0.15, 0.2) is 36.7 Å². The number of hydrogen-bond donors (Lipinski definition) is 2. The molecule has 1 aromatic heterocycles. The van der Waals surface area contributed by atoms with Crippen molar-refractivity contribution < 1.29 is 9.90 Å². The normalized spacial score (nSPS) is 16.7. The third-order valence-electron chi connectivity index (χ3n) is 4.43. The molecule has 3 rings (SSSR count). The van der Waals surface area contributed by atoms with E-state index < -0.39 is 5.97 Å². The number of aliphatic carboxylic acids is 1. The predicted molar refractivity (Wildman–Crippen MR) is 83.6 cm³/mol. The van der Waals surface area contributed by atoms with Crippen LogP contribution in [-0.4, -0.2) is 39.3 Å². The summed E-state index contributed by atoms with van der Waals surface area (Å²) < 4.78 is 0. The highest BCUT2D eigenvalue weighted by Gasteiger charge is 2.21. The summed E-state index contributed by atoms with van der Waals surface area (Å²) in [4.78, 5) is 13.4. The van der Waals surface area contributed by atoms with Crippen molar-refractivity contribution in [3.05, 3.63) is 53.3 Å². The second-order valence-corrected chi connectivity index (χ2v) is 5.92. The second-order valence-electron chi connectivity index (χ2n) is 5.92. The lowest BCUT2D eigenvalue weighted by molar-refractivity contribution is -0.136. The topological polar surface area (TPSA) is 69.2 Å². The smallest absolute Gasteiger partial charge is 0.307 e. The zero-order valence-electron chi connectivity index (χ0n) is 12.5. The van der Waals surface area contributed by atoms with Crippen molar-refractivity contribution in [2.75, 3.05) is 13.1 Å². The van der Waals surface area contributed by atoms with Gasteiger partial charge in [0.25, 0.3) is 0 Å². The summed E-state index contributed by atoms with van der Waals surface area (Å²) in [6.45, 7) is 2.91. The zero-order valence-corrected chi connectivity index (χ0v) is 12.5. The molecule has 0 spiro atoms. The molecule has 0 amide bonds. The number of rotatable bonds is 5. The summed E-state index contributed by atoms with van der Waals surface area (Å²) in [5.74, 6) is -0.185. The quantitative estimate of drug-likeness (QED) is 0.889.